The summed E-state index contributed by atoms with van der Waals surface area (Å²) in [7, 11) is 0. The fourth-order valence-corrected chi connectivity index (χ4v) is 2.37. The SMILES string of the molecule is CC(C)(C)c1ccc(C2(C)CNCCN2)cc1. The third kappa shape index (κ3) is 2.70. The van der Waals surface area contributed by atoms with E-state index in [9.17, 15) is 0 Å². The van der Waals surface area contributed by atoms with Gasteiger partial charge in [-0.05, 0) is 23.5 Å². The summed E-state index contributed by atoms with van der Waals surface area (Å²) >= 11 is 0. The predicted molar refractivity (Wildman–Crippen MR) is 73.4 cm³/mol. The van der Waals surface area contributed by atoms with Crippen LogP contribution in [0.5, 0.6) is 0 Å². The fourth-order valence-electron chi connectivity index (χ4n) is 2.37. The molecule has 1 heterocycles. The molecule has 17 heavy (non-hydrogen) atoms. The highest BCUT2D eigenvalue weighted by Crippen LogP contribution is 2.26. The van der Waals surface area contributed by atoms with Gasteiger partial charge in [-0.2, -0.15) is 0 Å². The third-order valence-electron chi connectivity index (χ3n) is 3.68. The molecule has 0 aromatic heterocycles. The van der Waals surface area contributed by atoms with Crippen LogP contribution in [-0.4, -0.2) is 19.6 Å². The van der Waals surface area contributed by atoms with Gasteiger partial charge in [-0.1, -0.05) is 45.0 Å². The Morgan fingerprint density at radius 1 is 1.06 bits per heavy atom. The smallest absolute Gasteiger partial charge is 0.0532 e. The maximum atomic E-state index is 3.61. The quantitative estimate of drug-likeness (QED) is 0.777. The summed E-state index contributed by atoms with van der Waals surface area (Å²) in [4.78, 5) is 0. The molecule has 1 saturated heterocycles. The van der Waals surface area contributed by atoms with E-state index >= 15 is 0 Å². The third-order valence-corrected chi connectivity index (χ3v) is 3.68. The van der Waals surface area contributed by atoms with Crippen molar-refractivity contribution in [3.63, 3.8) is 0 Å². The number of hydrogen-bond donors (Lipinski definition) is 2. The van der Waals surface area contributed by atoms with E-state index in [2.05, 4.69) is 62.6 Å². The topological polar surface area (TPSA) is 24.1 Å². The Balaban J connectivity index is 2.23. The van der Waals surface area contributed by atoms with E-state index in [4.69, 9.17) is 0 Å². The molecule has 0 aliphatic carbocycles. The van der Waals surface area contributed by atoms with Crippen LogP contribution in [0.4, 0.5) is 0 Å². The van der Waals surface area contributed by atoms with Gasteiger partial charge in [-0.25, -0.2) is 0 Å². The molecule has 1 aliphatic rings. The highest BCUT2D eigenvalue weighted by atomic mass is 15.1. The van der Waals surface area contributed by atoms with Crippen molar-refractivity contribution >= 4 is 0 Å². The van der Waals surface area contributed by atoms with Crippen LogP contribution < -0.4 is 10.6 Å². The molecule has 1 aromatic rings. The van der Waals surface area contributed by atoms with E-state index in [1.54, 1.807) is 0 Å². The summed E-state index contributed by atoms with van der Waals surface area (Å²) in [5.41, 5.74) is 3.08. The molecule has 1 aliphatic heterocycles. The van der Waals surface area contributed by atoms with Crippen molar-refractivity contribution in [2.24, 2.45) is 0 Å². The highest BCUT2D eigenvalue weighted by molar-refractivity contribution is 5.32. The van der Waals surface area contributed by atoms with E-state index in [0.717, 1.165) is 19.6 Å². The van der Waals surface area contributed by atoms with Crippen molar-refractivity contribution in [1.29, 1.82) is 0 Å². The average Bonchev–Trinajstić information content (AvgIpc) is 2.29. The van der Waals surface area contributed by atoms with Crippen molar-refractivity contribution in [2.75, 3.05) is 19.6 Å². The number of nitrogens with one attached hydrogen (secondary N) is 2. The monoisotopic (exact) mass is 232 g/mol. The Morgan fingerprint density at radius 3 is 2.18 bits per heavy atom. The first kappa shape index (κ1) is 12.6. The van der Waals surface area contributed by atoms with E-state index in [0.29, 0.717) is 0 Å². The van der Waals surface area contributed by atoms with Gasteiger partial charge >= 0.3 is 0 Å². The lowest BCUT2D eigenvalue weighted by Crippen LogP contribution is -2.54. The van der Waals surface area contributed by atoms with E-state index in [-0.39, 0.29) is 11.0 Å². The van der Waals surface area contributed by atoms with Gasteiger partial charge in [0.15, 0.2) is 0 Å². The molecular formula is C15H24N2. The summed E-state index contributed by atoms with van der Waals surface area (Å²) in [6.45, 7) is 12.1. The molecule has 0 radical (unpaired) electrons. The molecule has 94 valence electrons. The molecule has 1 aromatic carbocycles. The van der Waals surface area contributed by atoms with Gasteiger partial charge in [-0.3, -0.25) is 0 Å². The summed E-state index contributed by atoms with van der Waals surface area (Å²) in [5, 5.41) is 7.06. The molecule has 2 nitrogen and oxygen atoms in total. The minimum absolute atomic E-state index is 0.0780. The Hall–Kier alpha value is -0.860. The minimum Gasteiger partial charge on any atom is -0.313 e. The summed E-state index contributed by atoms with van der Waals surface area (Å²) in [5.74, 6) is 0. The lowest BCUT2D eigenvalue weighted by molar-refractivity contribution is 0.303. The molecule has 1 atom stereocenters. The first-order valence-corrected chi connectivity index (χ1v) is 6.49. The average molecular weight is 232 g/mol. The second-order valence-corrected chi connectivity index (χ2v) is 6.26. The largest absolute Gasteiger partial charge is 0.313 e. The van der Waals surface area contributed by atoms with E-state index in [1.165, 1.54) is 11.1 Å². The van der Waals surface area contributed by atoms with Gasteiger partial charge in [0.25, 0.3) is 0 Å². The summed E-state index contributed by atoms with van der Waals surface area (Å²) in [6, 6.07) is 9.05. The molecule has 2 rings (SSSR count). The standard InChI is InChI=1S/C15H24N2/c1-14(2,3)12-5-7-13(8-6-12)15(4)11-16-9-10-17-15/h5-8,16-17H,9-11H2,1-4H3. The molecule has 0 amide bonds. The Bertz CT molecular complexity index is 367. The van der Waals surface area contributed by atoms with Gasteiger partial charge in [0.1, 0.15) is 0 Å². The van der Waals surface area contributed by atoms with Crippen molar-refractivity contribution in [3.05, 3.63) is 35.4 Å². The van der Waals surface area contributed by atoms with Gasteiger partial charge in [0.2, 0.25) is 0 Å². The van der Waals surface area contributed by atoms with Crippen molar-refractivity contribution in [2.45, 2.75) is 38.6 Å². The normalized spacial score (nSPS) is 25.9. The zero-order valence-corrected chi connectivity index (χ0v) is 11.4. The molecule has 1 unspecified atom stereocenters. The molecule has 2 N–H and O–H groups in total. The van der Waals surface area contributed by atoms with Crippen molar-refractivity contribution in [1.82, 2.24) is 10.6 Å². The van der Waals surface area contributed by atoms with Crippen LogP contribution in [0.25, 0.3) is 0 Å². The highest BCUT2D eigenvalue weighted by Gasteiger charge is 2.28. The minimum atomic E-state index is 0.0780. The molecular weight excluding hydrogens is 208 g/mol. The maximum Gasteiger partial charge on any atom is 0.0532 e. The Morgan fingerprint density at radius 2 is 1.71 bits per heavy atom. The van der Waals surface area contributed by atoms with E-state index < -0.39 is 0 Å². The van der Waals surface area contributed by atoms with Crippen LogP contribution in [0.1, 0.15) is 38.8 Å². The predicted octanol–water partition coefficient (Wildman–Crippen LogP) is 2.39. The van der Waals surface area contributed by atoms with Crippen LogP contribution in [0.3, 0.4) is 0 Å². The first-order chi connectivity index (χ1) is 7.92. The van der Waals surface area contributed by atoms with Gasteiger partial charge in [0, 0.05) is 19.6 Å². The Labute approximate surface area is 105 Å². The summed E-state index contributed by atoms with van der Waals surface area (Å²) < 4.78 is 0. The molecule has 1 fully saturated rings. The second kappa shape index (κ2) is 4.43. The summed E-state index contributed by atoms with van der Waals surface area (Å²) in [6.07, 6.45) is 0. The number of benzene rings is 1. The van der Waals surface area contributed by atoms with E-state index in [1.807, 2.05) is 0 Å². The van der Waals surface area contributed by atoms with Crippen LogP contribution in [0.2, 0.25) is 0 Å². The first-order valence-electron chi connectivity index (χ1n) is 6.49. The van der Waals surface area contributed by atoms with Crippen molar-refractivity contribution < 1.29 is 0 Å². The van der Waals surface area contributed by atoms with Gasteiger partial charge < -0.3 is 10.6 Å². The zero-order valence-electron chi connectivity index (χ0n) is 11.4. The van der Waals surface area contributed by atoms with Crippen LogP contribution >= 0.6 is 0 Å². The number of rotatable bonds is 1. The lowest BCUT2D eigenvalue weighted by Gasteiger charge is -2.36. The Kier molecular flexibility index (Phi) is 3.28. The lowest BCUT2D eigenvalue weighted by atomic mass is 9.84. The fraction of sp³-hybridized carbons (Fsp3) is 0.600. The molecule has 2 heteroatoms. The maximum absolute atomic E-state index is 3.61. The van der Waals surface area contributed by atoms with Crippen LogP contribution in [0.15, 0.2) is 24.3 Å². The molecule has 0 saturated carbocycles. The van der Waals surface area contributed by atoms with Crippen LogP contribution in [0, 0.1) is 0 Å². The molecule has 0 spiro atoms. The second-order valence-electron chi connectivity index (χ2n) is 6.26. The number of piperazine rings is 1. The van der Waals surface area contributed by atoms with Crippen LogP contribution in [-0.2, 0) is 11.0 Å². The zero-order chi connectivity index (χ0) is 12.5. The van der Waals surface area contributed by atoms with Crippen molar-refractivity contribution in [3.8, 4) is 0 Å². The number of hydrogen-bond acceptors (Lipinski definition) is 2. The molecule has 0 bridgehead atoms. The van der Waals surface area contributed by atoms with Gasteiger partial charge in [0.05, 0.1) is 5.54 Å². The van der Waals surface area contributed by atoms with Gasteiger partial charge in [-0.15, -0.1) is 0 Å².